The molecule has 1 aliphatic rings. The van der Waals surface area contributed by atoms with Gasteiger partial charge in [-0.1, -0.05) is 38.1 Å². The van der Waals surface area contributed by atoms with Crippen LogP contribution in [0.25, 0.3) is 5.76 Å². The summed E-state index contributed by atoms with van der Waals surface area (Å²) in [7, 11) is 1.58. The van der Waals surface area contributed by atoms with Crippen LogP contribution in [-0.4, -0.2) is 41.5 Å². The van der Waals surface area contributed by atoms with Crippen LogP contribution in [0.2, 0.25) is 0 Å². The molecule has 0 spiro atoms. The molecule has 1 amide bonds. The molecule has 0 radical (unpaired) electrons. The molecule has 3 aromatic carbocycles. The van der Waals surface area contributed by atoms with E-state index < -0.39 is 17.7 Å². The Labute approximate surface area is 236 Å². The van der Waals surface area contributed by atoms with Gasteiger partial charge in [-0.3, -0.25) is 9.59 Å². The number of methoxy groups -OCH3 is 1. The van der Waals surface area contributed by atoms with Crippen molar-refractivity contribution in [3.8, 4) is 17.2 Å². The molecule has 1 saturated heterocycles. The fourth-order valence-electron chi connectivity index (χ4n) is 4.76. The number of ketones is 1. The van der Waals surface area contributed by atoms with Crippen molar-refractivity contribution in [1.82, 2.24) is 4.90 Å². The van der Waals surface area contributed by atoms with Crippen molar-refractivity contribution in [1.29, 1.82) is 0 Å². The number of hydrogen-bond donors (Lipinski definition) is 1. The Hall–Kier alpha value is -4.26. The van der Waals surface area contributed by atoms with Gasteiger partial charge in [-0.05, 0) is 85.8 Å². The Morgan fingerprint density at radius 3 is 2.35 bits per heavy atom. The van der Waals surface area contributed by atoms with Gasteiger partial charge < -0.3 is 24.2 Å². The summed E-state index contributed by atoms with van der Waals surface area (Å²) in [6.07, 6.45) is -0.0576. The van der Waals surface area contributed by atoms with Crippen LogP contribution in [0.4, 0.5) is 0 Å². The number of carbonyl (C=O) groups is 2. The SMILES string of the molecule is COc1cccc(CN2C(=O)C(=O)/C(=C(/O)c3ccc(OCC(C)C)c(C)c3)C2c2cccc(OC(C)C)c2)c1. The number of aliphatic hydroxyl groups is 1. The summed E-state index contributed by atoms with van der Waals surface area (Å²) in [5, 5.41) is 11.5. The molecule has 1 N–H and O–H groups in total. The standard InChI is InChI=1S/C33H37NO6/c1-20(2)19-39-28-14-13-25(15-22(28)5)31(35)29-30(24-10-8-12-27(17-24)40-21(3)4)34(33(37)32(29)36)18-23-9-7-11-26(16-23)38-6/h7-17,20-21,30,35H,18-19H2,1-6H3/b31-29+. The largest absolute Gasteiger partial charge is 0.507 e. The number of likely N-dealkylation sites (tertiary alicyclic amines) is 1. The first kappa shape index (κ1) is 28.7. The van der Waals surface area contributed by atoms with E-state index in [2.05, 4.69) is 13.8 Å². The first-order chi connectivity index (χ1) is 19.1. The van der Waals surface area contributed by atoms with Gasteiger partial charge in [0, 0.05) is 12.1 Å². The zero-order valence-electron chi connectivity index (χ0n) is 23.9. The summed E-state index contributed by atoms with van der Waals surface area (Å²) in [5.41, 5.74) is 2.75. The minimum atomic E-state index is -0.820. The molecule has 1 unspecified atom stereocenters. The minimum absolute atomic E-state index is 0.0323. The lowest BCUT2D eigenvalue weighted by Crippen LogP contribution is -2.29. The summed E-state index contributed by atoms with van der Waals surface area (Å²) in [6.45, 7) is 10.6. The third-order valence-corrected chi connectivity index (χ3v) is 6.59. The summed E-state index contributed by atoms with van der Waals surface area (Å²) in [5.74, 6) is 0.680. The molecule has 1 atom stereocenters. The zero-order valence-corrected chi connectivity index (χ0v) is 23.9. The normalized spacial score (nSPS) is 16.6. The van der Waals surface area contributed by atoms with E-state index in [4.69, 9.17) is 14.2 Å². The van der Waals surface area contributed by atoms with Gasteiger partial charge in [-0.2, -0.15) is 0 Å². The molecule has 210 valence electrons. The molecule has 0 aliphatic carbocycles. The van der Waals surface area contributed by atoms with Crippen molar-refractivity contribution in [2.45, 2.75) is 53.3 Å². The number of nitrogens with zero attached hydrogens (tertiary/aromatic N) is 1. The average Bonchev–Trinajstić information content (AvgIpc) is 3.16. The molecule has 0 aromatic heterocycles. The lowest BCUT2D eigenvalue weighted by Gasteiger charge is -2.26. The van der Waals surface area contributed by atoms with Gasteiger partial charge in [0.1, 0.15) is 23.0 Å². The fourth-order valence-corrected chi connectivity index (χ4v) is 4.76. The van der Waals surface area contributed by atoms with Gasteiger partial charge in [-0.25, -0.2) is 0 Å². The van der Waals surface area contributed by atoms with Crippen LogP contribution in [0.15, 0.2) is 72.3 Å². The highest BCUT2D eigenvalue weighted by atomic mass is 16.5. The number of benzene rings is 3. The Bertz CT molecular complexity index is 1420. The monoisotopic (exact) mass is 543 g/mol. The molecule has 7 heteroatoms. The van der Waals surface area contributed by atoms with Crippen molar-refractivity contribution >= 4 is 17.4 Å². The minimum Gasteiger partial charge on any atom is -0.507 e. The number of aliphatic hydroxyl groups excluding tert-OH is 1. The third kappa shape index (κ3) is 6.30. The van der Waals surface area contributed by atoms with Gasteiger partial charge >= 0.3 is 0 Å². The summed E-state index contributed by atoms with van der Waals surface area (Å²) in [4.78, 5) is 28.5. The number of Topliss-reactive ketones (excluding diaryl/α,β-unsaturated/α-hetero) is 1. The lowest BCUT2D eigenvalue weighted by molar-refractivity contribution is -0.140. The maximum Gasteiger partial charge on any atom is 0.295 e. The fraction of sp³-hybridized carbons (Fsp3) is 0.333. The maximum atomic E-state index is 13.5. The quantitative estimate of drug-likeness (QED) is 0.180. The molecule has 3 aromatic rings. The van der Waals surface area contributed by atoms with Gasteiger partial charge in [-0.15, -0.1) is 0 Å². The molecular formula is C33H37NO6. The van der Waals surface area contributed by atoms with Crippen LogP contribution >= 0.6 is 0 Å². The second-order valence-corrected chi connectivity index (χ2v) is 10.7. The van der Waals surface area contributed by atoms with Crippen LogP contribution in [0, 0.1) is 12.8 Å². The van der Waals surface area contributed by atoms with Crippen LogP contribution in [0.5, 0.6) is 17.2 Å². The molecule has 0 bridgehead atoms. The van der Waals surface area contributed by atoms with Crippen LogP contribution in [-0.2, 0) is 16.1 Å². The summed E-state index contributed by atoms with van der Waals surface area (Å²) < 4.78 is 17.1. The highest BCUT2D eigenvalue weighted by molar-refractivity contribution is 6.46. The van der Waals surface area contributed by atoms with Gasteiger partial charge in [0.15, 0.2) is 0 Å². The Morgan fingerprint density at radius 1 is 0.950 bits per heavy atom. The van der Waals surface area contributed by atoms with Crippen molar-refractivity contribution in [2.75, 3.05) is 13.7 Å². The van der Waals surface area contributed by atoms with Crippen molar-refractivity contribution in [2.24, 2.45) is 5.92 Å². The molecule has 0 saturated carbocycles. The second-order valence-electron chi connectivity index (χ2n) is 10.7. The van der Waals surface area contributed by atoms with E-state index in [0.717, 1.165) is 11.1 Å². The van der Waals surface area contributed by atoms with E-state index in [1.54, 1.807) is 25.3 Å². The highest BCUT2D eigenvalue weighted by Gasteiger charge is 2.46. The number of carbonyl (C=O) groups excluding carboxylic acids is 2. The van der Waals surface area contributed by atoms with Crippen LogP contribution < -0.4 is 14.2 Å². The topological polar surface area (TPSA) is 85.3 Å². The molecule has 40 heavy (non-hydrogen) atoms. The van der Waals surface area contributed by atoms with Crippen molar-refractivity contribution in [3.05, 3.63) is 94.6 Å². The van der Waals surface area contributed by atoms with Gasteiger partial charge in [0.2, 0.25) is 0 Å². The van der Waals surface area contributed by atoms with Crippen LogP contribution in [0.1, 0.15) is 56.0 Å². The predicted octanol–water partition coefficient (Wildman–Crippen LogP) is 6.45. The van der Waals surface area contributed by atoms with Crippen LogP contribution in [0.3, 0.4) is 0 Å². The van der Waals surface area contributed by atoms with E-state index in [-0.39, 0.29) is 24.0 Å². The smallest absolute Gasteiger partial charge is 0.295 e. The Kier molecular flexibility index (Phi) is 8.83. The van der Waals surface area contributed by atoms with Gasteiger partial charge in [0.25, 0.3) is 11.7 Å². The van der Waals surface area contributed by atoms with E-state index in [9.17, 15) is 14.7 Å². The van der Waals surface area contributed by atoms with E-state index in [1.807, 2.05) is 69.3 Å². The van der Waals surface area contributed by atoms with E-state index in [1.165, 1.54) is 4.90 Å². The average molecular weight is 544 g/mol. The predicted molar refractivity (Wildman–Crippen MR) is 155 cm³/mol. The number of ether oxygens (including phenoxy) is 3. The molecule has 1 aliphatic heterocycles. The Morgan fingerprint density at radius 2 is 1.68 bits per heavy atom. The third-order valence-electron chi connectivity index (χ3n) is 6.59. The van der Waals surface area contributed by atoms with Gasteiger partial charge in [0.05, 0.1) is 31.4 Å². The zero-order chi connectivity index (χ0) is 29.0. The van der Waals surface area contributed by atoms with Crippen molar-refractivity contribution < 1.29 is 28.9 Å². The first-order valence-electron chi connectivity index (χ1n) is 13.5. The molecule has 1 fully saturated rings. The highest BCUT2D eigenvalue weighted by Crippen LogP contribution is 2.41. The van der Waals surface area contributed by atoms with Crippen molar-refractivity contribution in [3.63, 3.8) is 0 Å². The first-order valence-corrected chi connectivity index (χ1v) is 13.5. The summed E-state index contributed by atoms with van der Waals surface area (Å²) in [6, 6.07) is 19.1. The molecule has 7 nitrogen and oxygen atoms in total. The molecule has 4 rings (SSSR count). The molecule has 1 heterocycles. The summed E-state index contributed by atoms with van der Waals surface area (Å²) >= 11 is 0. The molecular weight excluding hydrogens is 506 g/mol. The number of rotatable bonds is 10. The lowest BCUT2D eigenvalue weighted by atomic mass is 9.94. The van der Waals surface area contributed by atoms with E-state index >= 15 is 0 Å². The number of aryl methyl sites for hydroxylation is 1. The van der Waals surface area contributed by atoms with E-state index in [0.29, 0.717) is 40.9 Å². The second kappa shape index (κ2) is 12.3. The maximum absolute atomic E-state index is 13.5. The Balaban J connectivity index is 1.81. The number of amides is 1. The number of hydrogen-bond acceptors (Lipinski definition) is 6.